The molecule has 4 nitrogen and oxygen atoms in total. The Labute approximate surface area is 131 Å². The maximum Gasteiger partial charge on any atom is 0.307 e. The smallest absolute Gasteiger partial charge is 0.307 e. The SMILES string of the molecule is C/C(=N/NC(=O)c1ccc(C)o1)c1ccc(C(C)(C)C)cc1. The number of benzene rings is 1. The lowest BCUT2D eigenvalue weighted by molar-refractivity contribution is 0.0926. The minimum atomic E-state index is -0.348. The molecule has 0 saturated heterocycles. The minimum Gasteiger partial charge on any atom is -0.456 e. The summed E-state index contributed by atoms with van der Waals surface area (Å²) in [4.78, 5) is 11.9. The summed E-state index contributed by atoms with van der Waals surface area (Å²) in [7, 11) is 0. The molecule has 0 bridgehead atoms. The summed E-state index contributed by atoms with van der Waals surface area (Å²) < 4.78 is 5.26. The molecule has 1 heterocycles. The van der Waals surface area contributed by atoms with Crippen LogP contribution in [0.5, 0.6) is 0 Å². The predicted octanol–water partition coefficient (Wildman–Crippen LogP) is 4.04. The van der Waals surface area contributed by atoms with Crippen molar-refractivity contribution in [2.45, 2.75) is 40.0 Å². The van der Waals surface area contributed by atoms with E-state index in [1.54, 1.807) is 19.1 Å². The number of furan rings is 1. The molecule has 1 aromatic heterocycles. The zero-order valence-electron chi connectivity index (χ0n) is 13.7. The molecule has 0 aliphatic rings. The van der Waals surface area contributed by atoms with Crippen LogP contribution in [0.4, 0.5) is 0 Å². The van der Waals surface area contributed by atoms with Gasteiger partial charge in [0.25, 0.3) is 0 Å². The topological polar surface area (TPSA) is 54.6 Å². The number of hydrazone groups is 1. The Morgan fingerprint density at radius 1 is 1.09 bits per heavy atom. The van der Waals surface area contributed by atoms with E-state index in [-0.39, 0.29) is 17.1 Å². The number of rotatable bonds is 3. The molecule has 4 heteroatoms. The Bertz CT molecular complexity index is 689. The molecule has 0 unspecified atom stereocenters. The second-order valence-corrected chi connectivity index (χ2v) is 6.38. The van der Waals surface area contributed by atoms with Crippen LogP contribution in [0, 0.1) is 6.92 Å². The van der Waals surface area contributed by atoms with Crippen LogP contribution >= 0.6 is 0 Å². The Morgan fingerprint density at radius 3 is 2.23 bits per heavy atom. The molecule has 2 aromatic rings. The second-order valence-electron chi connectivity index (χ2n) is 6.38. The number of carbonyl (C=O) groups excluding carboxylic acids is 1. The van der Waals surface area contributed by atoms with E-state index in [0.717, 1.165) is 11.3 Å². The number of nitrogens with zero attached hydrogens (tertiary/aromatic N) is 1. The van der Waals surface area contributed by atoms with E-state index in [1.165, 1.54) is 5.56 Å². The Kier molecular flexibility index (Phi) is 4.50. The summed E-state index contributed by atoms with van der Waals surface area (Å²) in [6.45, 7) is 10.2. The van der Waals surface area contributed by atoms with E-state index in [9.17, 15) is 4.79 Å². The highest BCUT2D eigenvalue weighted by molar-refractivity contribution is 6.00. The Balaban J connectivity index is 2.07. The highest BCUT2D eigenvalue weighted by atomic mass is 16.3. The average molecular weight is 298 g/mol. The van der Waals surface area contributed by atoms with E-state index in [0.29, 0.717) is 5.76 Å². The third-order valence-corrected chi connectivity index (χ3v) is 3.46. The van der Waals surface area contributed by atoms with Crippen LogP contribution in [-0.2, 0) is 5.41 Å². The molecule has 0 spiro atoms. The quantitative estimate of drug-likeness (QED) is 0.687. The van der Waals surface area contributed by atoms with Crippen molar-refractivity contribution in [1.29, 1.82) is 0 Å². The van der Waals surface area contributed by atoms with Crippen LogP contribution in [0.15, 0.2) is 45.9 Å². The summed E-state index contributed by atoms with van der Waals surface area (Å²) in [5, 5.41) is 4.13. The largest absolute Gasteiger partial charge is 0.456 e. The fourth-order valence-corrected chi connectivity index (χ4v) is 2.02. The fourth-order valence-electron chi connectivity index (χ4n) is 2.02. The van der Waals surface area contributed by atoms with Gasteiger partial charge in [-0.2, -0.15) is 5.10 Å². The molecule has 0 saturated carbocycles. The van der Waals surface area contributed by atoms with E-state index >= 15 is 0 Å². The van der Waals surface area contributed by atoms with Crippen LogP contribution in [0.25, 0.3) is 0 Å². The van der Waals surface area contributed by atoms with Crippen molar-refractivity contribution in [2.75, 3.05) is 0 Å². The molecule has 1 amide bonds. The van der Waals surface area contributed by atoms with Gasteiger partial charge >= 0.3 is 5.91 Å². The van der Waals surface area contributed by atoms with Gasteiger partial charge in [-0.3, -0.25) is 4.79 Å². The molecular formula is C18H22N2O2. The first-order valence-electron chi connectivity index (χ1n) is 7.29. The van der Waals surface area contributed by atoms with Crippen molar-refractivity contribution in [1.82, 2.24) is 5.43 Å². The molecule has 0 aliphatic carbocycles. The van der Waals surface area contributed by atoms with Crippen molar-refractivity contribution in [3.05, 3.63) is 59.0 Å². The minimum absolute atomic E-state index is 0.120. The summed E-state index contributed by atoms with van der Waals surface area (Å²) in [5.74, 6) is 0.611. The van der Waals surface area contributed by atoms with Gasteiger partial charge in [0.2, 0.25) is 0 Å². The van der Waals surface area contributed by atoms with Crippen LogP contribution in [-0.4, -0.2) is 11.6 Å². The number of hydrogen-bond donors (Lipinski definition) is 1. The summed E-state index contributed by atoms with van der Waals surface area (Å²) >= 11 is 0. The fraction of sp³-hybridized carbons (Fsp3) is 0.333. The predicted molar refractivity (Wildman–Crippen MR) is 88.3 cm³/mol. The monoisotopic (exact) mass is 298 g/mol. The first-order valence-corrected chi connectivity index (χ1v) is 7.29. The van der Waals surface area contributed by atoms with E-state index in [4.69, 9.17) is 4.42 Å². The van der Waals surface area contributed by atoms with E-state index in [1.807, 2.05) is 19.1 Å². The first kappa shape index (κ1) is 16.0. The maximum atomic E-state index is 11.9. The van der Waals surface area contributed by atoms with Gasteiger partial charge in [0.15, 0.2) is 5.76 Å². The molecule has 2 rings (SSSR count). The molecule has 0 atom stereocenters. The van der Waals surface area contributed by atoms with E-state index in [2.05, 4.69) is 43.4 Å². The summed E-state index contributed by atoms with van der Waals surface area (Å²) in [6.07, 6.45) is 0. The highest BCUT2D eigenvalue weighted by Gasteiger charge is 2.13. The molecule has 22 heavy (non-hydrogen) atoms. The number of nitrogens with one attached hydrogen (secondary N) is 1. The summed E-state index contributed by atoms with van der Waals surface area (Å²) in [6, 6.07) is 11.6. The standard InChI is InChI=1S/C18H22N2O2/c1-12-6-11-16(22-12)17(21)20-19-13(2)14-7-9-15(10-8-14)18(3,4)5/h6-11H,1-5H3,(H,20,21)/b19-13-. The lowest BCUT2D eigenvalue weighted by Gasteiger charge is -2.19. The van der Waals surface area contributed by atoms with Crippen LogP contribution in [0.1, 0.15) is 55.1 Å². The number of amides is 1. The van der Waals surface area contributed by atoms with Gasteiger partial charge < -0.3 is 4.42 Å². The molecule has 1 aromatic carbocycles. The molecular weight excluding hydrogens is 276 g/mol. The highest BCUT2D eigenvalue weighted by Crippen LogP contribution is 2.22. The van der Waals surface area contributed by atoms with Gasteiger partial charge in [-0.25, -0.2) is 5.43 Å². The van der Waals surface area contributed by atoms with Crippen LogP contribution < -0.4 is 5.43 Å². The third-order valence-electron chi connectivity index (χ3n) is 3.46. The molecule has 0 radical (unpaired) electrons. The van der Waals surface area contributed by atoms with Gasteiger partial charge in [0.1, 0.15) is 5.76 Å². The maximum absolute atomic E-state index is 11.9. The lowest BCUT2D eigenvalue weighted by atomic mass is 9.86. The van der Waals surface area contributed by atoms with Gasteiger partial charge in [0, 0.05) is 0 Å². The Hall–Kier alpha value is -2.36. The van der Waals surface area contributed by atoms with Crippen molar-refractivity contribution in [2.24, 2.45) is 5.10 Å². The van der Waals surface area contributed by atoms with Gasteiger partial charge in [-0.1, -0.05) is 45.0 Å². The van der Waals surface area contributed by atoms with E-state index < -0.39 is 0 Å². The molecule has 0 fully saturated rings. The van der Waals surface area contributed by atoms with Crippen molar-refractivity contribution < 1.29 is 9.21 Å². The third kappa shape index (κ3) is 3.85. The van der Waals surface area contributed by atoms with Crippen molar-refractivity contribution >= 4 is 11.6 Å². The number of hydrogen-bond acceptors (Lipinski definition) is 3. The van der Waals surface area contributed by atoms with Crippen molar-refractivity contribution in [3.8, 4) is 0 Å². The van der Waals surface area contributed by atoms with Gasteiger partial charge in [-0.15, -0.1) is 0 Å². The second kappa shape index (κ2) is 6.18. The lowest BCUT2D eigenvalue weighted by Crippen LogP contribution is -2.18. The van der Waals surface area contributed by atoms with Gasteiger partial charge in [-0.05, 0) is 42.5 Å². The zero-order chi connectivity index (χ0) is 16.3. The average Bonchev–Trinajstić information content (AvgIpc) is 2.90. The molecule has 1 N–H and O–H groups in total. The van der Waals surface area contributed by atoms with Crippen molar-refractivity contribution in [3.63, 3.8) is 0 Å². The molecule has 116 valence electrons. The number of carbonyl (C=O) groups is 1. The normalized spacial score (nSPS) is 12.3. The summed E-state index contributed by atoms with van der Waals surface area (Å²) in [5.41, 5.74) is 5.62. The Morgan fingerprint density at radius 2 is 1.73 bits per heavy atom. The first-order chi connectivity index (χ1) is 10.3. The number of aryl methyl sites for hydroxylation is 1. The molecule has 0 aliphatic heterocycles. The van der Waals surface area contributed by atoms with Crippen LogP contribution in [0.2, 0.25) is 0 Å². The zero-order valence-corrected chi connectivity index (χ0v) is 13.7. The van der Waals surface area contributed by atoms with Gasteiger partial charge in [0.05, 0.1) is 5.71 Å². The van der Waals surface area contributed by atoms with Crippen LogP contribution in [0.3, 0.4) is 0 Å².